The van der Waals surface area contributed by atoms with Gasteiger partial charge >= 0.3 is 0 Å². The number of rotatable bonds is 2. The average molecular weight is 205 g/mol. The number of nitrogens with two attached hydrogens (primary N) is 1. The van der Waals surface area contributed by atoms with E-state index in [1.165, 1.54) is 18.4 Å². The van der Waals surface area contributed by atoms with Gasteiger partial charge in [-0.2, -0.15) is 0 Å². The lowest BCUT2D eigenvalue weighted by atomic mass is 9.91. The number of aryl methyl sites for hydroxylation is 1. The van der Waals surface area contributed by atoms with Crippen LogP contribution in [0.2, 0.25) is 0 Å². The van der Waals surface area contributed by atoms with E-state index in [1.807, 2.05) is 12.3 Å². The van der Waals surface area contributed by atoms with Crippen molar-refractivity contribution in [1.82, 2.24) is 4.98 Å². The molecule has 1 aromatic heterocycles. The SMILES string of the molecule is Cc1ccnc(NC2CCCCC2N)c1. The highest BCUT2D eigenvalue weighted by atomic mass is 15.0. The lowest BCUT2D eigenvalue weighted by molar-refractivity contribution is 0.403. The van der Waals surface area contributed by atoms with Crippen molar-refractivity contribution in [3.05, 3.63) is 23.9 Å². The normalized spacial score (nSPS) is 26.3. The van der Waals surface area contributed by atoms with Gasteiger partial charge in [0.1, 0.15) is 5.82 Å². The Kier molecular flexibility index (Phi) is 3.21. The maximum atomic E-state index is 6.07. The molecule has 0 spiro atoms. The van der Waals surface area contributed by atoms with Crippen molar-refractivity contribution >= 4 is 5.82 Å². The van der Waals surface area contributed by atoms with Crippen LogP contribution < -0.4 is 11.1 Å². The van der Waals surface area contributed by atoms with Crippen LogP contribution in [-0.4, -0.2) is 17.1 Å². The zero-order valence-corrected chi connectivity index (χ0v) is 9.24. The molecule has 0 amide bonds. The van der Waals surface area contributed by atoms with Crippen LogP contribution in [0.1, 0.15) is 31.2 Å². The highest BCUT2D eigenvalue weighted by molar-refractivity contribution is 5.38. The lowest BCUT2D eigenvalue weighted by Crippen LogP contribution is -2.42. The first-order chi connectivity index (χ1) is 7.25. The van der Waals surface area contributed by atoms with Crippen molar-refractivity contribution in [2.75, 3.05) is 5.32 Å². The van der Waals surface area contributed by atoms with Gasteiger partial charge in [0.25, 0.3) is 0 Å². The van der Waals surface area contributed by atoms with Crippen molar-refractivity contribution in [2.24, 2.45) is 5.73 Å². The fourth-order valence-corrected chi connectivity index (χ4v) is 2.14. The molecule has 2 atom stereocenters. The van der Waals surface area contributed by atoms with Crippen LogP contribution in [0, 0.1) is 6.92 Å². The van der Waals surface area contributed by atoms with Crippen LogP contribution in [0.4, 0.5) is 5.82 Å². The summed E-state index contributed by atoms with van der Waals surface area (Å²) >= 11 is 0. The molecule has 0 radical (unpaired) electrons. The summed E-state index contributed by atoms with van der Waals surface area (Å²) in [6, 6.07) is 4.75. The summed E-state index contributed by atoms with van der Waals surface area (Å²) in [4.78, 5) is 4.30. The van der Waals surface area contributed by atoms with Crippen LogP contribution in [-0.2, 0) is 0 Å². The Morgan fingerprint density at radius 2 is 2.20 bits per heavy atom. The highest BCUT2D eigenvalue weighted by Gasteiger charge is 2.21. The third-order valence-electron chi connectivity index (χ3n) is 3.07. The zero-order valence-electron chi connectivity index (χ0n) is 9.24. The predicted molar refractivity (Wildman–Crippen MR) is 62.8 cm³/mol. The molecule has 2 rings (SSSR count). The Bertz CT molecular complexity index is 324. The van der Waals surface area contributed by atoms with Gasteiger partial charge in [-0.1, -0.05) is 12.8 Å². The summed E-state index contributed by atoms with van der Waals surface area (Å²) in [5.74, 6) is 0.956. The highest BCUT2D eigenvalue weighted by Crippen LogP contribution is 2.20. The van der Waals surface area contributed by atoms with Gasteiger partial charge in [0, 0.05) is 18.3 Å². The summed E-state index contributed by atoms with van der Waals surface area (Å²) in [6.07, 6.45) is 6.67. The van der Waals surface area contributed by atoms with E-state index < -0.39 is 0 Å². The number of nitrogens with one attached hydrogen (secondary N) is 1. The molecule has 1 saturated carbocycles. The first-order valence-electron chi connectivity index (χ1n) is 5.70. The van der Waals surface area contributed by atoms with E-state index in [4.69, 9.17) is 5.73 Å². The molecule has 0 aliphatic heterocycles. The van der Waals surface area contributed by atoms with Gasteiger partial charge in [0.2, 0.25) is 0 Å². The first-order valence-corrected chi connectivity index (χ1v) is 5.70. The number of aromatic nitrogens is 1. The monoisotopic (exact) mass is 205 g/mol. The average Bonchev–Trinajstić information content (AvgIpc) is 2.22. The standard InChI is InChI=1S/C12H19N3/c1-9-6-7-14-12(8-9)15-11-5-3-2-4-10(11)13/h6-8,10-11H,2-5,13H2,1H3,(H,14,15). The molecule has 82 valence electrons. The molecular formula is C12H19N3. The fraction of sp³-hybridized carbons (Fsp3) is 0.583. The maximum Gasteiger partial charge on any atom is 0.126 e. The van der Waals surface area contributed by atoms with Gasteiger partial charge < -0.3 is 11.1 Å². The van der Waals surface area contributed by atoms with Crippen molar-refractivity contribution < 1.29 is 0 Å². The van der Waals surface area contributed by atoms with Crippen molar-refractivity contribution in [2.45, 2.75) is 44.7 Å². The maximum absolute atomic E-state index is 6.07. The Hall–Kier alpha value is -1.09. The van der Waals surface area contributed by atoms with Crippen molar-refractivity contribution in [1.29, 1.82) is 0 Å². The largest absolute Gasteiger partial charge is 0.366 e. The molecule has 2 unspecified atom stereocenters. The first kappa shape index (κ1) is 10.4. The minimum absolute atomic E-state index is 0.279. The molecule has 1 heterocycles. The third kappa shape index (κ3) is 2.69. The molecule has 1 aliphatic carbocycles. The molecule has 0 aromatic carbocycles. The molecule has 1 fully saturated rings. The second-order valence-electron chi connectivity index (χ2n) is 4.42. The topological polar surface area (TPSA) is 50.9 Å². The third-order valence-corrected chi connectivity index (χ3v) is 3.07. The number of anilines is 1. The molecule has 3 heteroatoms. The van der Waals surface area contributed by atoms with E-state index >= 15 is 0 Å². The predicted octanol–water partition coefficient (Wildman–Crippen LogP) is 2.07. The van der Waals surface area contributed by atoms with E-state index in [9.17, 15) is 0 Å². The number of pyridine rings is 1. The minimum atomic E-state index is 0.279. The summed E-state index contributed by atoms with van der Waals surface area (Å²) in [6.45, 7) is 2.08. The lowest BCUT2D eigenvalue weighted by Gasteiger charge is -2.29. The van der Waals surface area contributed by atoms with Gasteiger partial charge in [-0.3, -0.25) is 0 Å². The summed E-state index contributed by atoms with van der Waals surface area (Å²) < 4.78 is 0. The molecule has 3 nitrogen and oxygen atoms in total. The van der Waals surface area contributed by atoms with Crippen molar-refractivity contribution in [3.63, 3.8) is 0 Å². The van der Waals surface area contributed by atoms with Crippen LogP contribution in [0.5, 0.6) is 0 Å². The Labute approximate surface area is 91.1 Å². The Morgan fingerprint density at radius 3 is 2.93 bits per heavy atom. The van der Waals surface area contributed by atoms with E-state index in [1.54, 1.807) is 0 Å². The van der Waals surface area contributed by atoms with Gasteiger partial charge in [-0.15, -0.1) is 0 Å². The molecular weight excluding hydrogens is 186 g/mol. The van der Waals surface area contributed by atoms with E-state index in [0.29, 0.717) is 6.04 Å². The Morgan fingerprint density at radius 1 is 1.40 bits per heavy atom. The van der Waals surface area contributed by atoms with E-state index in [0.717, 1.165) is 18.7 Å². The summed E-state index contributed by atoms with van der Waals surface area (Å²) in [7, 11) is 0. The van der Waals surface area contributed by atoms with Crippen LogP contribution in [0.3, 0.4) is 0 Å². The second-order valence-corrected chi connectivity index (χ2v) is 4.42. The minimum Gasteiger partial charge on any atom is -0.366 e. The second kappa shape index (κ2) is 4.62. The zero-order chi connectivity index (χ0) is 10.7. The summed E-state index contributed by atoms with van der Waals surface area (Å²) in [5.41, 5.74) is 7.31. The summed E-state index contributed by atoms with van der Waals surface area (Å²) in [5, 5.41) is 3.44. The Balaban J connectivity index is 2.01. The quantitative estimate of drug-likeness (QED) is 0.777. The van der Waals surface area contributed by atoms with Crippen molar-refractivity contribution in [3.8, 4) is 0 Å². The van der Waals surface area contributed by atoms with Gasteiger partial charge in [0.05, 0.1) is 0 Å². The van der Waals surface area contributed by atoms with E-state index in [2.05, 4.69) is 23.3 Å². The van der Waals surface area contributed by atoms with Crippen LogP contribution >= 0.6 is 0 Å². The fourth-order valence-electron chi connectivity index (χ4n) is 2.14. The smallest absolute Gasteiger partial charge is 0.126 e. The molecule has 1 aromatic rings. The number of hydrogen-bond acceptors (Lipinski definition) is 3. The number of nitrogens with zero attached hydrogens (tertiary/aromatic N) is 1. The molecule has 15 heavy (non-hydrogen) atoms. The van der Waals surface area contributed by atoms with Crippen LogP contribution in [0.25, 0.3) is 0 Å². The number of hydrogen-bond donors (Lipinski definition) is 2. The molecule has 0 bridgehead atoms. The molecule has 1 aliphatic rings. The van der Waals surface area contributed by atoms with E-state index in [-0.39, 0.29) is 6.04 Å². The van der Waals surface area contributed by atoms with Gasteiger partial charge in [-0.25, -0.2) is 4.98 Å². The van der Waals surface area contributed by atoms with Gasteiger partial charge in [-0.05, 0) is 37.5 Å². The van der Waals surface area contributed by atoms with Gasteiger partial charge in [0.15, 0.2) is 0 Å². The molecule has 0 saturated heterocycles. The molecule has 3 N–H and O–H groups in total. The van der Waals surface area contributed by atoms with Crippen LogP contribution in [0.15, 0.2) is 18.3 Å².